The van der Waals surface area contributed by atoms with Gasteiger partial charge >= 0.3 is 21.3 Å². The van der Waals surface area contributed by atoms with Gasteiger partial charge in [-0.05, 0) is 87.5 Å². The van der Waals surface area contributed by atoms with Gasteiger partial charge in [0.2, 0.25) is 0 Å². The molecule has 198 valence electrons. The van der Waals surface area contributed by atoms with Crippen LogP contribution in [0.25, 0.3) is 0 Å². The van der Waals surface area contributed by atoms with Gasteiger partial charge in [-0.15, -0.1) is 0 Å². The highest BCUT2D eigenvalue weighted by atomic mass is 31.2. The van der Waals surface area contributed by atoms with Gasteiger partial charge in [0, 0.05) is 18.4 Å². The number of rotatable bonds is 7. The molecule has 0 bridgehead atoms. The first kappa shape index (κ1) is 27.0. The first-order valence-corrected chi connectivity index (χ1v) is 15.9. The largest absolute Gasteiger partial charge is 0.446 e. The van der Waals surface area contributed by atoms with Gasteiger partial charge in [-0.2, -0.15) is 0 Å². The summed E-state index contributed by atoms with van der Waals surface area (Å²) in [5, 5.41) is 0.508. The molecule has 4 aliphatic carbocycles. The van der Waals surface area contributed by atoms with Gasteiger partial charge in [-0.3, -0.25) is 13.9 Å². The van der Waals surface area contributed by atoms with Crippen molar-refractivity contribution >= 4 is 27.1 Å². The number of amides is 1. The van der Waals surface area contributed by atoms with E-state index >= 15 is 0 Å². The summed E-state index contributed by atoms with van der Waals surface area (Å²) < 4.78 is 28.6. The molecule has 0 aromatic carbocycles. The highest BCUT2D eigenvalue weighted by Gasteiger charge is 2.57. The van der Waals surface area contributed by atoms with Crippen LogP contribution >= 0.6 is 15.2 Å². The van der Waals surface area contributed by atoms with E-state index in [1.54, 1.807) is 0 Å². The Morgan fingerprint density at radius 1 is 1.09 bits per heavy atom. The van der Waals surface area contributed by atoms with Crippen LogP contribution in [0.4, 0.5) is 4.79 Å². The Bertz CT molecular complexity index is 950. The standard InChI is InChI=1S/C23H37NO9P2/c1-23-11-10-17-16-7-5-15(25)13-14(16)4-6-18(17)19(23)8-9-20(23)33-22(26)24-12-2-3-21(34(27,28)29)35(30,31)32/h13,16-21H,2-12H2,1H3,(H,24,26)(H2,27,28,29)(H2,30,31,32)/t16?,17?,18?,19?,20-,23-/m0/s1. The quantitative estimate of drug-likeness (QED) is 0.242. The molecular formula is C23H37NO9P2. The Morgan fingerprint density at radius 3 is 2.49 bits per heavy atom. The van der Waals surface area contributed by atoms with E-state index in [4.69, 9.17) is 4.74 Å². The molecule has 0 aromatic heterocycles. The third-order valence-electron chi connectivity index (χ3n) is 9.15. The molecule has 4 unspecified atom stereocenters. The van der Waals surface area contributed by atoms with E-state index in [1.807, 2.05) is 6.08 Å². The molecule has 6 atom stereocenters. The third-order valence-corrected chi connectivity index (χ3v) is 13.0. The number of ketones is 1. The number of nitrogens with one attached hydrogen (secondary N) is 1. The second-order valence-corrected chi connectivity index (χ2v) is 15.1. The lowest BCUT2D eigenvalue weighted by Gasteiger charge is -2.53. The maximum Gasteiger partial charge on any atom is 0.407 e. The summed E-state index contributed by atoms with van der Waals surface area (Å²) in [6.45, 7) is 2.22. The maximum absolute atomic E-state index is 12.5. The first-order valence-electron chi connectivity index (χ1n) is 12.6. The van der Waals surface area contributed by atoms with Crippen LogP contribution in [-0.2, 0) is 18.7 Å². The fourth-order valence-corrected chi connectivity index (χ4v) is 10.1. The van der Waals surface area contributed by atoms with Crippen molar-refractivity contribution in [2.24, 2.45) is 29.1 Å². The number of fused-ring (bicyclic) bond motifs is 5. The minimum Gasteiger partial charge on any atom is -0.446 e. The van der Waals surface area contributed by atoms with E-state index in [0.29, 0.717) is 30.1 Å². The van der Waals surface area contributed by atoms with Crippen molar-refractivity contribution in [1.82, 2.24) is 5.32 Å². The molecule has 1 amide bonds. The van der Waals surface area contributed by atoms with Crippen LogP contribution in [-0.4, -0.2) is 49.5 Å². The highest BCUT2D eigenvalue weighted by molar-refractivity contribution is 7.70. The van der Waals surface area contributed by atoms with Gasteiger partial charge < -0.3 is 29.6 Å². The first-order chi connectivity index (χ1) is 16.3. The average Bonchev–Trinajstić information content (AvgIpc) is 3.07. The molecule has 0 radical (unpaired) electrons. The third kappa shape index (κ3) is 5.63. The zero-order valence-corrected chi connectivity index (χ0v) is 21.8. The number of carbonyl (C=O) groups excluding carboxylic acids is 2. The molecule has 0 aliphatic heterocycles. The zero-order valence-electron chi connectivity index (χ0n) is 20.0. The average molecular weight is 533 g/mol. The predicted molar refractivity (Wildman–Crippen MR) is 127 cm³/mol. The van der Waals surface area contributed by atoms with Crippen molar-refractivity contribution in [1.29, 1.82) is 0 Å². The second kappa shape index (κ2) is 10.0. The fourth-order valence-electron chi connectivity index (χ4n) is 7.50. The van der Waals surface area contributed by atoms with E-state index in [1.165, 1.54) is 5.57 Å². The molecule has 3 saturated carbocycles. The summed E-state index contributed by atoms with van der Waals surface area (Å²) in [5.74, 6) is 2.44. The smallest absolute Gasteiger partial charge is 0.407 e. The molecule has 4 rings (SSSR count). The van der Waals surface area contributed by atoms with E-state index in [2.05, 4.69) is 12.2 Å². The van der Waals surface area contributed by atoms with Gasteiger partial charge in [0.05, 0.1) is 0 Å². The van der Waals surface area contributed by atoms with Crippen molar-refractivity contribution in [2.75, 3.05) is 6.54 Å². The summed E-state index contributed by atoms with van der Waals surface area (Å²) in [5.41, 5.74) is 1.24. The molecule has 5 N–H and O–H groups in total. The van der Waals surface area contributed by atoms with Crippen molar-refractivity contribution in [2.45, 2.75) is 82.6 Å². The number of carbonyl (C=O) groups is 2. The summed E-state index contributed by atoms with van der Waals surface area (Å²) in [6, 6.07) is 0. The molecule has 12 heteroatoms. The fraction of sp³-hybridized carbons (Fsp3) is 0.826. The Kier molecular flexibility index (Phi) is 7.75. The monoisotopic (exact) mass is 533 g/mol. The van der Waals surface area contributed by atoms with Gasteiger partial charge in [-0.25, -0.2) is 4.79 Å². The lowest BCUT2D eigenvalue weighted by atomic mass is 9.52. The van der Waals surface area contributed by atoms with Crippen molar-refractivity contribution in [3.8, 4) is 0 Å². The van der Waals surface area contributed by atoms with Gasteiger partial charge in [0.25, 0.3) is 0 Å². The number of hydrogen-bond acceptors (Lipinski definition) is 5. The van der Waals surface area contributed by atoms with Gasteiger partial charge in [0.1, 0.15) is 6.10 Å². The van der Waals surface area contributed by atoms with E-state index in [-0.39, 0.29) is 30.3 Å². The van der Waals surface area contributed by atoms with Crippen LogP contribution in [0.15, 0.2) is 11.6 Å². The Morgan fingerprint density at radius 2 is 1.80 bits per heavy atom. The molecule has 3 fully saturated rings. The molecule has 0 aromatic rings. The van der Waals surface area contributed by atoms with Crippen LogP contribution in [0.1, 0.15) is 71.1 Å². The summed E-state index contributed by atoms with van der Waals surface area (Å²) in [6.07, 6.45) is 8.19. The number of alkyl carbamates (subject to hydrolysis) is 1. The Labute approximate surface area is 205 Å². The predicted octanol–water partition coefficient (Wildman–Crippen LogP) is 3.68. The topological polar surface area (TPSA) is 170 Å². The van der Waals surface area contributed by atoms with E-state index in [0.717, 1.165) is 44.9 Å². The van der Waals surface area contributed by atoms with E-state index < -0.39 is 33.1 Å². The summed E-state index contributed by atoms with van der Waals surface area (Å²) in [4.78, 5) is 61.1. The Balaban J connectivity index is 1.30. The molecule has 0 heterocycles. The van der Waals surface area contributed by atoms with Gasteiger partial charge in [-0.1, -0.05) is 12.5 Å². The van der Waals surface area contributed by atoms with Crippen molar-refractivity contribution in [3.63, 3.8) is 0 Å². The van der Waals surface area contributed by atoms with Crippen molar-refractivity contribution in [3.05, 3.63) is 11.6 Å². The molecule has 35 heavy (non-hydrogen) atoms. The van der Waals surface area contributed by atoms with Gasteiger partial charge in [0.15, 0.2) is 11.2 Å². The highest BCUT2D eigenvalue weighted by Crippen LogP contribution is 2.63. The SMILES string of the molecule is C[C@]12CCC3C4CCC(=O)C=C4CCC3C1CC[C@@H]2OC(=O)NCCCC(P(=O)(O)O)P(=O)(O)O. The summed E-state index contributed by atoms with van der Waals surface area (Å²) in [7, 11) is -9.93. The lowest BCUT2D eigenvalue weighted by molar-refractivity contribution is -0.116. The van der Waals surface area contributed by atoms with Crippen LogP contribution in [0.5, 0.6) is 0 Å². The Hall–Kier alpha value is -1.02. The number of hydrogen-bond donors (Lipinski definition) is 5. The minimum atomic E-state index is -4.96. The van der Waals surface area contributed by atoms with Crippen LogP contribution < -0.4 is 5.32 Å². The van der Waals surface area contributed by atoms with Crippen LogP contribution in [0.3, 0.4) is 0 Å². The van der Waals surface area contributed by atoms with Crippen molar-refractivity contribution < 1.29 is 43.0 Å². The zero-order chi connectivity index (χ0) is 25.6. The molecule has 10 nitrogen and oxygen atoms in total. The normalized spacial score (nSPS) is 35.1. The maximum atomic E-state index is 12.5. The molecular weight excluding hydrogens is 496 g/mol. The summed E-state index contributed by atoms with van der Waals surface area (Å²) >= 11 is 0. The molecule has 4 aliphatic rings. The number of allylic oxidation sites excluding steroid dienone is 1. The minimum absolute atomic E-state index is 0.00239. The van der Waals surface area contributed by atoms with E-state index in [9.17, 15) is 38.3 Å². The molecule has 0 saturated heterocycles. The van der Waals surface area contributed by atoms with Crippen LogP contribution in [0, 0.1) is 29.1 Å². The molecule has 0 spiro atoms. The number of ether oxygens (including phenoxy) is 1. The van der Waals surface area contributed by atoms with Crippen LogP contribution in [0.2, 0.25) is 0 Å². The lowest BCUT2D eigenvalue weighted by Crippen LogP contribution is -2.48. The second-order valence-electron chi connectivity index (χ2n) is 11.0.